The molecule has 0 saturated heterocycles. The predicted molar refractivity (Wildman–Crippen MR) is 117 cm³/mol. The summed E-state index contributed by atoms with van der Waals surface area (Å²) in [7, 11) is 1.74. The summed E-state index contributed by atoms with van der Waals surface area (Å²) in [6.45, 7) is 5.36. The van der Waals surface area contributed by atoms with E-state index in [1.54, 1.807) is 7.05 Å². The molecule has 0 spiro atoms. The van der Waals surface area contributed by atoms with Gasteiger partial charge in [0, 0.05) is 36.8 Å². The number of nitrogens with one attached hydrogen (secondary N) is 3. The number of aliphatic imine (C=N–C) groups is 1. The first-order valence-electron chi connectivity index (χ1n) is 9.61. The van der Waals surface area contributed by atoms with Crippen molar-refractivity contribution >= 4 is 23.5 Å². The summed E-state index contributed by atoms with van der Waals surface area (Å²) in [6, 6.07) is 15.6. The third-order valence-corrected chi connectivity index (χ3v) is 4.88. The zero-order chi connectivity index (χ0) is 20.4. The maximum absolute atomic E-state index is 12.3. The Kier molecular flexibility index (Phi) is 8.82. The maximum Gasteiger partial charge on any atom is 0.251 e. The molecule has 2 aromatic rings. The van der Waals surface area contributed by atoms with Crippen LogP contribution in [0.2, 0.25) is 5.02 Å². The highest BCUT2D eigenvalue weighted by Crippen LogP contribution is 2.14. The lowest BCUT2D eigenvalue weighted by Crippen LogP contribution is -2.38. The zero-order valence-corrected chi connectivity index (χ0v) is 17.5. The Balaban J connectivity index is 1.85. The van der Waals surface area contributed by atoms with Gasteiger partial charge in [-0.3, -0.25) is 9.79 Å². The summed E-state index contributed by atoms with van der Waals surface area (Å²) < 4.78 is 0. The first kappa shape index (κ1) is 21.8. The molecule has 0 radical (unpaired) electrons. The molecule has 1 unspecified atom stereocenters. The smallest absolute Gasteiger partial charge is 0.251 e. The zero-order valence-electron chi connectivity index (χ0n) is 16.8. The van der Waals surface area contributed by atoms with Crippen LogP contribution >= 0.6 is 11.6 Å². The van der Waals surface area contributed by atoms with Crippen molar-refractivity contribution in [1.29, 1.82) is 0 Å². The van der Waals surface area contributed by atoms with Gasteiger partial charge in [0.15, 0.2) is 5.96 Å². The standard InChI is InChI=1S/C22H29ClN4O/c1-4-16(2)27-21(28)19-10-7-8-17(14-19)15-26-22(24-3)25-13-12-18-9-5-6-11-20(18)23/h5-11,14,16H,4,12-13,15H2,1-3H3,(H,27,28)(H2,24,25,26). The Bertz CT molecular complexity index is 807. The van der Waals surface area contributed by atoms with Crippen molar-refractivity contribution in [3.63, 3.8) is 0 Å². The first-order chi connectivity index (χ1) is 13.5. The quantitative estimate of drug-likeness (QED) is 0.466. The summed E-state index contributed by atoms with van der Waals surface area (Å²) in [5.74, 6) is 0.667. The lowest BCUT2D eigenvalue weighted by molar-refractivity contribution is 0.0939. The fourth-order valence-corrected chi connectivity index (χ4v) is 2.89. The molecule has 5 nitrogen and oxygen atoms in total. The molecule has 0 fully saturated rings. The van der Waals surface area contributed by atoms with E-state index >= 15 is 0 Å². The van der Waals surface area contributed by atoms with Crippen LogP contribution in [0.15, 0.2) is 53.5 Å². The average Bonchev–Trinajstić information content (AvgIpc) is 2.71. The van der Waals surface area contributed by atoms with Gasteiger partial charge in [-0.15, -0.1) is 0 Å². The molecule has 0 aliphatic heterocycles. The summed E-state index contributed by atoms with van der Waals surface area (Å²) >= 11 is 6.19. The Morgan fingerprint density at radius 2 is 1.93 bits per heavy atom. The van der Waals surface area contributed by atoms with E-state index in [1.807, 2.05) is 55.5 Å². The molecule has 0 aliphatic rings. The molecule has 0 heterocycles. The molecular formula is C22H29ClN4O. The van der Waals surface area contributed by atoms with Crippen molar-refractivity contribution in [1.82, 2.24) is 16.0 Å². The van der Waals surface area contributed by atoms with Crippen molar-refractivity contribution in [2.75, 3.05) is 13.6 Å². The third kappa shape index (κ3) is 6.89. The van der Waals surface area contributed by atoms with Crippen LogP contribution in [0.3, 0.4) is 0 Å². The molecule has 2 aromatic carbocycles. The number of carbonyl (C=O) groups is 1. The van der Waals surface area contributed by atoms with Crippen LogP contribution in [0.25, 0.3) is 0 Å². The maximum atomic E-state index is 12.3. The topological polar surface area (TPSA) is 65.5 Å². The van der Waals surface area contributed by atoms with Gasteiger partial charge in [0.25, 0.3) is 5.91 Å². The van der Waals surface area contributed by atoms with E-state index in [0.29, 0.717) is 18.1 Å². The second kappa shape index (κ2) is 11.3. The normalized spacial score (nSPS) is 12.4. The first-order valence-corrected chi connectivity index (χ1v) is 9.99. The van der Waals surface area contributed by atoms with Gasteiger partial charge in [-0.2, -0.15) is 0 Å². The van der Waals surface area contributed by atoms with Gasteiger partial charge in [0.2, 0.25) is 0 Å². The number of nitrogens with zero attached hydrogens (tertiary/aromatic N) is 1. The number of hydrogen-bond acceptors (Lipinski definition) is 2. The molecule has 0 bridgehead atoms. The van der Waals surface area contributed by atoms with Gasteiger partial charge >= 0.3 is 0 Å². The van der Waals surface area contributed by atoms with Gasteiger partial charge in [-0.05, 0) is 49.1 Å². The monoisotopic (exact) mass is 400 g/mol. The van der Waals surface area contributed by atoms with E-state index < -0.39 is 0 Å². The van der Waals surface area contributed by atoms with Crippen LogP contribution in [0, 0.1) is 0 Å². The van der Waals surface area contributed by atoms with Crippen LogP contribution in [0.5, 0.6) is 0 Å². The van der Waals surface area contributed by atoms with Gasteiger partial charge in [0.1, 0.15) is 0 Å². The highest BCUT2D eigenvalue weighted by atomic mass is 35.5. The fourth-order valence-electron chi connectivity index (χ4n) is 2.65. The van der Waals surface area contributed by atoms with E-state index in [1.165, 1.54) is 0 Å². The summed E-state index contributed by atoms with van der Waals surface area (Å²) in [6.07, 6.45) is 1.72. The SMILES string of the molecule is CCC(C)NC(=O)c1cccc(CNC(=NC)NCCc2ccccc2Cl)c1. The van der Waals surface area contributed by atoms with E-state index in [9.17, 15) is 4.79 Å². The van der Waals surface area contributed by atoms with Crippen molar-refractivity contribution in [3.05, 3.63) is 70.2 Å². The summed E-state index contributed by atoms with van der Waals surface area (Å²) in [5, 5.41) is 10.3. The second-order valence-corrected chi connectivity index (χ2v) is 7.08. The third-order valence-electron chi connectivity index (χ3n) is 4.51. The average molecular weight is 401 g/mol. The van der Waals surface area contributed by atoms with Crippen LogP contribution in [-0.2, 0) is 13.0 Å². The van der Waals surface area contributed by atoms with Gasteiger partial charge in [0.05, 0.1) is 0 Å². The lowest BCUT2D eigenvalue weighted by Gasteiger charge is -2.14. The molecule has 0 aliphatic carbocycles. The number of amides is 1. The van der Waals surface area contributed by atoms with Crippen molar-refractivity contribution in [3.8, 4) is 0 Å². The van der Waals surface area contributed by atoms with Crippen LogP contribution in [0.4, 0.5) is 0 Å². The van der Waals surface area contributed by atoms with E-state index in [-0.39, 0.29) is 11.9 Å². The Morgan fingerprint density at radius 1 is 1.14 bits per heavy atom. The molecule has 0 saturated carbocycles. The minimum atomic E-state index is -0.0431. The Hall–Kier alpha value is -2.53. The number of benzene rings is 2. The molecule has 28 heavy (non-hydrogen) atoms. The van der Waals surface area contributed by atoms with E-state index in [2.05, 4.69) is 27.9 Å². The van der Waals surface area contributed by atoms with Gasteiger partial charge in [-0.25, -0.2) is 0 Å². The molecular weight excluding hydrogens is 372 g/mol. The molecule has 1 amide bonds. The molecule has 3 N–H and O–H groups in total. The minimum Gasteiger partial charge on any atom is -0.356 e. The van der Waals surface area contributed by atoms with Crippen LogP contribution in [0.1, 0.15) is 41.8 Å². The number of rotatable bonds is 8. The molecule has 0 aromatic heterocycles. The lowest BCUT2D eigenvalue weighted by atomic mass is 10.1. The summed E-state index contributed by atoms with van der Waals surface area (Å²) in [5.41, 5.74) is 2.79. The molecule has 2 rings (SSSR count). The molecule has 150 valence electrons. The molecule has 1 atom stereocenters. The van der Waals surface area contributed by atoms with Crippen molar-refractivity contribution in [2.24, 2.45) is 4.99 Å². The Morgan fingerprint density at radius 3 is 2.64 bits per heavy atom. The van der Waals surface area contributed by atoms with Crippen LogP contribution < -0.4 is 16.0 Å². The number of halogens is 1. The fraction of sp³-hybridized carbons (Fsp3) is 0.364. The van der Waals surface area contributed by atoms with Crippen LogP contribution in [-0.4, -0.2) is 31.5 Å². The predicted octanol–water partition coefficient (Wildman–Crippen LogP) is 3.78. The second-order valence-electron chi connectivity index (χ2n) is 6.68. The highest BCUT2D eigenvalue weighted by Gasteiger charge is 2.09. The number of hydrogen-bond donors (Lipinski definition) is 3. The Labute approximate surface area is 172 Å². The van der Waals surface area contributed by atoms with Gasteiger partial charge < -0.3 is 16.0 Å². The highest BCUT2D eigenvalue weighted by molar-refractivity contribution is 6.31. The van der Waals surface area contributed by atoms with Gasteiger partial charge in [-0.1, -0.05) is 48.9 Å². The number of guanidine groups is 1. The number of carbonyl (C=O) groups excluding carboxylic acids is 1. The van der Waals surface area contributed by atoms with E-state index in [0.717, 1.165) is 35.5 Å². The van der Waals surface area contributed by atoms with Crippen molar-refractivity contribution < 1.29 is 4.79 Å². The molecule has 6 heteroatoms. The largest absolute Gasteiger partial charge is 0.356 e. The minimum absolute atomic E-state index is 0.0431. The van der Waals surface area contributed by atoms with Crippen molar-refractivity contribution in [2.45, 2.75) is 39.3 Å². The van der Waals surface area contributed by atoms with E-state index in [4.69, 9.17) is 11.6 Å². The summed E-state index contributed by atoms with van der Waals surface area (Å²) in [4.78, 5) is 16.5.